The predicted octanol–water partition coefficient (Wildman–Crippen LogP) is 4.06. The Balaban J connectivity index is 1.70. The maximum absolute atomic E-state index is 12.2. The lowest BCUT2D eigenvalue weighted by Crippen LogP contribution is -2.32. The van der Waals surface area contributed by atoms with Gasteiger partial charge >= 0.3 is 0 Å². The maximum Gasteiger partial charge on any atom is 0.266 e. The molecular weight excluding hydrogens is 314 g/mol. The van der Waals surface area contributed by atoms with Crippen LogP contribution in [0.4, 0.5) is 11.6 Å². The number of hydrogen-bond acceptors (Lipinski definition) is 4. The van der Waals surface area contributed by atoms with Gasteiger partial charge in [0.15, 0.2) is 5.88 Å². The van der Waals surface area contributed by atoms with Crippen LogP contribution in [0.5, 0.6) is 0 Å². The Morgan fingerprint density at radius 3 is 2.64 bits per heavy atom. The number of anilines is 2. The molecule has 5 heteroatoms. The van der Waals surface area contributed by atoms with E-state index in [1.165, 1.54) is 6.08 Å². The molecule has 1 aliphatic rings. The van der Waals surface area contributed by atoms with Crippen molar-refractivity contribution >= 4 is 23.6 Å². The Hall–Kier alpha value is -3.00. The van der Waals surface area contributed by atoms with Crippen molar-refractivity contribution in [2.75, 3.05) is 23.3 Å². The van der Waals surface area contributed by atoms with E-state index in [0.717, 1.165) is 37.7 Å². The molecule has 1 amide bonds. The minimum Gasteiger partial charge on any atom is -0.441 e. The van der Waals surface area contributed by atoms with Crippen molar-refractivity contribution < 1.29 is 9.21 Å². The molecule has 0 spiro atoms. The fourth-order valence-electron chi connectivity index (χ4n) is 2.83. The molecular formula is C20H21N3O2. The number of nitrogens with one attached hydrogen (secondary N) is 1. The molecule has 0 atom stereocenters. The van der Waals surface area contributed by atoms with E-state index in [-0.39, 0.29) is 5.57 Å². The second-order valence-electron chi connectivity index (χ2n) is 6.34. The standard InChI is InChI=1S/C20H21N3O2/c1-15-9-11-23(12-10-15)19-8-7-18(25-19)13-16(14-21)20(24)22-17-5-3-2-4-6-17/h2-8,13,15H,9-12H2,1H3,(H,22,24)/b16-13+. The van der Waals surface area contributed by atoms with E-state index in [1.54, 1.807) is 18.2 Å². The lowest BCUT2D eigenvalue weighted by molar-refractivity contribution is -0.112. The summed E-state index contributed by atoms with van der Waals surface area (Å²) in [6.07, 6.45) is 3.78. The summed E-state index contributed by atoms with van der Waals surface area (Å²) in [4.78, 5) is 14.4. The van der Waals surface area contributed by atoms with Gasteiger partial charge in [-0.1, -0.05) is 25.1 Å². The average Bonchev–Trinajstić information content (AvgIpc) is 3.09. The number of furan rings is 1. The summed E-state index contributed by atoms with van der Waals surface area (Å²) in [6.45, 7) is 4.20. The van der Waals surface area contributed by atoms with Gasteiger partial charge < -0.3 is 14.6 Å². The zero-order chi connectivity index (χ0) is 17.6. The van der Waals surface area contributed by atoms with Crippen molar-refractivity contribution in [2.24, 2.45) is 5.92 Å². The minimum atomic E-state index is -0.446. The van der Waals surface area contributed by atoms with Crippen LogP contribution in [0, 0.1) is 17.2 Å². The van der Waals surface area contributed by atoms with E-state index in [0.29, 0.717) is 11.4 Å². The SMILES string of the molecule is CC1CCN(c2ccc(/C=C(\C#N)C(=O)Nc3ccccc3)o2)CC1. The fraction of sp³-hybridized carbons (Fsp3) is 0.300. The zero-order valence-corrected chi connectivity index (χ0v) is 14.2. The Morgan fingerprint density at radius 1 is 1.24 bits per heavy atom. The summed E-state index contributed by atoms with van der Waals surface area (Å²) < 4.78 is 5.81. The van der Waals surface area contributed by atoms with E-state index >= 15 is 0 Å². The quantitative estimate of drug-likeness (QED) is 0.676. The van der Waals surface area contributed by atoms with Gasteiger partial charge in [-0.15, -0.1) is 0 Å². The lowest BCUT2D eigenvalue weighted by atomic mass is 9.99. The first-order valence-electron chi connectivity index (χ1n) is 8.48. The molecule has 1 fully saturated rings. The van der Waals surface area contributed by atoms with Crippen LogP contribution in [0.15, 0.2) is 52.5 Å². The molecule has 2 heterocycles. The Morgan fingerprint density at radius 2 is 1.96 bits per heavy atom. The van der Waals surface area contributed by atoms with Gasteiger partial charge in [0.2, 0.25) is 0 Å². The number of nitrogens with zero attached hydrogens (tertiary/aromatic N) is 2. The molecule has 1 aliphatic heterocycles. The van der Waals surface area contributed by atoms with Crippen molar-refractivity contribution in [1.82, 2.24) is 0 Å². The fourth-order valence-corrected chi connectivity index (χ4v) is 2.83. The minimum absolute atomic E-state index is 0.0111. The molecule has 1 N–H and O–H groups in total. The van der Waals surface area contributed by atoms with Gasteiger partial charge in [0.1, 0.15) is 17.4 Å². The number of piperidine rings is 1. The zero-order valence-electron chi connectivity index (χ0n) is 14.2. The molecule has 0 radical (unpaired) electrons. The molecule has 5 nitrogen and oxygen atoms in total. The molecule has 1 aromatic heterocycles. The number of rotatable bonds is 4. The van der Waals surface area contributed by atoms with Crippen LogP contribution in [-0.2, 0) is 4.79 Å². The Kier molecular flexibility index (Phi) is 5.20. The lowest BCUT2D eigenvalue weighted by Gasteiger charge is -2.29. The van der Waals surface area contributed by atoms with Crippen molar-refractivity contribution in [1.29, 1.82) is 5.26 Å². The summed E-state index contributed by atoms with van der Waals surface area (Å²) >= 11 is 0. The molecule has 128 valence electrons. The third-order valence-corrected chi connectivity index (χ3v) is 4.39. The van der Waals surface area contributed by atoms with Crippen molar-refractivity contribution in [3.63, 3.8) is 0 Å². The maximum atomic E-state index is 12.2. The van der Waals surface area contributed by atoms with E-state index < -0.39 is 5.91 Å². The summed E-state index contributed by atoms with van der Waals surface area (Å²) in [5, 5.41) is 12.0. The van der Waals surface area contributed by atoms with Gasteiger partial charge in [0.25, 0.3) is 5.91 Å². The highest BCUT2D eigenvalue weighted by molar-refractivity contribution is 6.09. The van der Waals surface area contributed by atoms with E-state index in [4.69, 9.17) is 4.42 Å². The normalized spacial score (nSPS) is 15.7. The van der Waals surface area contributed by atoms with Crippen LogP contribution in [0.1, 0.15) is 25.5 Å². The number of carbonyl (C=O) groups excluding carboxylic acids is 1. The molecule has 1 saturated heterocycles. The number of amides is 1. The summed E-state index contributed by atoms with van der Waals surface area (Å²) in [5.41, 5.74) is 0.660. The monoisotopic (exact) mass is 335 g/mol. The van der Waals surface area contributed by atoms with Gasteiger partial charge in [-0.3, -0.25) is 4.79 Å². The molecule has 3 rings (SSSR count). The average molecular weight is 335 g/mol. The van der Waals surface area contributed by atoms with Crippen molar-refractivity contribution in [3.8, 4) is 6.07 Å². The topological polar surface area (TPSA) is 69.3 Å². The largest absolute Gasteiger partial charge is 0.441 e. The van der Waals surface area contributed by atoms with Crippen molar-refractivity contribution in [2.45, 2.75) is 19.8 Å². The van der Waals surface area contributed by atoms with Crippen LogP contribution in [0.2, 0.25) is 0 Å². The number of nitriles is 1. The summed E-state index contributed by atoms with van der Waals surface area (Å²) in [5.74, 6) is 1.60. The Labute approximate surface area is 147 Å². The van der Waals surface area contributed by atoms with E-state index in [9.17, 15) is 10.1 Å². The van der Waals surface area contributed by atoms with Crippen LogP contribution < -0.4 is 10.2 Å². The van der Waals surface area contributed by atoms with Crippen molar-refractivity contribution in [3.05, 3.63) is 53.8 Å². The molecule has 25 heavy (non-hydrogen) atoms. The molecule has 0 unspecified atom stereocenters. The van der Waals surface area contributed by atoms with E-state index in [2.05, 4.69) is 17.1 Å². The third kappa shape index (κ3) is 4.30. The van der Waals surface area contributed by atoms with Gasteiger partial charge in [-0.25, -0.2) is 0 Å². The van der Waals surface area contributed by atoms with Gasteiger partial charge in [0.05, 0.1) is 0 Å². The summed E-state index contributed by atoms with van der Waals surface area (Å²) in [7, 11) is 0. The van der Waals surface area contributed by atoms with Crippen LogP contribution in [0.3, 0.4) is 0 Å². The molecule has 2 aromatic rings. The van der Waals surface area contributed by atoms with Crippen LogP contribution >= 0.6 is 0 Å². The number of para-hydroxylation sites is 1. The first-order chi connectivity index (χ1) is 12.2. The highest BCUT2D eigenvalue weighted by Gasteiger charge is 2.18. The van der Waals surface area contributed by atoms with Gasteiger partial charge in [-0.05, 0) is 37.0 Å². The van der Waals surface area contributed by atoms with Gasteiger partial charge in [-0.2, -0.15) is 5.26 Å². The smallest absolute Gasteiger partial charge is 0.266 e. The summed E-state index contributed by atoms with van der Waals surface area (Å²) in [6, 6.07) is 14.7. The molecule has 0 saturated carbocycles. The second kappa shape index (κ2) is 7.71. The predicted molar refractivity (Wildman–Crippen MR) is 98.0 cm³/mol. The van der Waals surface area contributed by atoms with Crippen LogP contribution in [0.25, 0.3) is 6.08 Å². The highest BCUT2D eigenvalue weighted by Crippen LogP contribution is 2.25. The Bertz CT molecular complexity index is 794. The molecule has 0 bridgehead atoms. The third-order valence-electron chi connectivity index (χ3n) is 4.39. The second-order valence-corrected chi connectivity index (χ2v) is 6.34. The highest BCUT2D eigenvalue weighted by atomic mass is 16.4. The number of benzene rings is 1. The number of carbonyl (C=O) groups is 1. The van der Waals surface area contributed by atoms with Gasteiger partial charge in [0, 0.05) is 30.9 Å². The van der Waals surface area contributed by atoms with E-state index in [1.807, 2.05) is 30.3 Å². The number of hydrogen-bond donors (Lipinski definition) is 1. The molecule has 1 aromatic carbocycles. The first-order valence-corrected chi connectivity index (χ1v) is 8.48. The molecule has 0 aliphatic carbocycles. The van der Waals surface area contributed by atoms with Crippen LogP contribution in [-0.4, -0.2) is 19.0 Å². The first kappa shape index (κ1) is 16.8.